The molecule has 1 aromatic rings. The lowest BCUT2D eigenvalue weighted by Crippen LogP contribution is -2.24. The van der Waals surface area contributed by atoms with E-state index >= 15 is 0 Å². The summed E-state index contributed by atoms with van der Waals surface area (Å²) in [4.78, 5) is 4.44. The fourth-order valence-corrected chi connectivity index (χ4v) is 2.70. The Hall–Kier alpha value is -0.600. The monoisotopic (exact) mass is 210 g/mol. The third-order valence-corrected chi connectivity index (χ3v) is 3.36. The number of hydrogen-bond donors (Lipinski definition) is 1. The number of pyridine rings is 1. The van der Waals surface area contributed by atoms with Crippen LogP contribution in [0.25, 0.3) is 0 Å². The maximum absolute atomic E-state index is 4.44. The minimum Gasteiger partial charge on any atom is -0.310 e. The van der Waals surface area contributed by atoms with Gasteiger partial charge >= 0.3 is 0 Å². The molecule has 1 N–H and O–H groups in total. The van der Waals surface area contributed by atoms with E-state index in [0.29, 0.717) is 6.04 Å². The number of rotatable bonds is 0. The second-order valence-corrected chi connectivity index (χ2v) is 4.06. The molecule has 3 heteroatoms. The standard InChI is InChI=1S/C11H14N2.ClH/c1-2-9-10(12-6-1)4-3-8-5-7-13-11(8)9;/h1-2,6,8,11,13H,3-5,7H2;1H/t8-,11+;/m1./s1. The van der Waals surface area contributed by atoms with Crippen molar-refractivity contribution in [3.63, 3.8) is 0 Å². The molecule has 0 unspecified atom stereocenters. The predicted molar refractivity (Wildman–Crippen MR) is 58.7 cm³/mol. The topological polar surface area (TPSA) is 24.9 Å². The Morgan fingerprint density at radius 2 is 2.29 bits per heavy atom. The van der Waals surface area contributed by atoms with E-state index in [1.165, 1.54) is 37.1 Å². The Morgan fingerprint density at radius 3 is 3.21 bits per heavy atom. The van der Waals surface area contributed by atoms with Crippen molar-refractivity contribution in [3.8, 4) is 0 Å². The molecule has 1 aliphatic heterocycles. The van der Waals surface area contributed by atoms with Gasteiger partial charge in [0.1, 0.15) is 0 Å². The second kappa shape index (κ2) is 3.87. The Balaban J connectivity index is 0.000000750. The van der Waals surface area contributed by atoms with Crippen molar-refractivity contribution in [3.05, 3.63) is 29.6 Å². The average molecular weight is 211 g/mol. The van der Waals surface area contributed by atoms with E-state index < -0.39 is 0 Å². The first kappa shape index (κ1) is 9.94. The lowest BCUT2D eigenvalue weighted by atomic mass is 9.83. The summed E-state index contributed by atoms with van der Waals surface area (Å²) in [5.74, 6) is 0.872. The molecule has 76 valence electrons. The molecule has 0 radical (unpaired) electrons. The molecule has 2 atom stereocenters. The van der Waals surface area contributed by atoms with Gasteiger partial charge in [-0.2, -0.15) is 0 Å². The molecule has 2 nitrogen and oxygen atoms in total. The summed E-state index contributed by atoms with van der Waals surface area (Å²) < 4.78 is 0. The molecule has 0 bridgehead atoms. The van der Waals surface area contributed by atoms with E-state index in [1.807, 2.05) is 6.20 Å². The van der Waals surface area contributed by atoms with E-state index in [9.17, 15) is 0 Å². The second-order valence-electron chi connectivity index (χ2n) is 4.06. The smallest absolute Gasteiger partial charge is 0.0451 e. The van der Waals surface area contributed by atoms with Crippen LogP contribution in [-0.2, 0) is 6.42 Å². The molecule has 3 rings (SSSR count). The van der Waals surface area contributed by atoms with Crippen LogP contribution in [0.2, 0.25) is 0 Å². The number of fused-ring (bicyclic) bond motifs is 3. The van der Waals surface area contributed by atoms with Gasteiger partial charge in [-0.15, -0.1) is 12.4 Å². The van der Waals surface area contributed by atoms with Crippen LogP contribution in [0.3, 0.4) is 0 Å². The molecule has 2 heterocycles. The normalized spacial score (nSPS) is 28.9. The minimum atomic E-state index is 0. The summed E-state index contributed by atoms with van der Waals surface area (Å²) in [7, 11) is 0. The van der Waals surface area contributed by atoms with Crippen molar-refractivity contribution in [2.24, 2.45) is 5.92 Å². The van der Waals surface area contributed by atoms with Gasteiger partial charge in [-0.1, -0.05) is 6.07 Å². The first-order valence-corrected chi connectivity index (χ1v) is 5.12. The Bertz CT molecular complexity index is 327. The Morgan fingerprint density at radius 1 is 1.36 bits per heavy atom. The number of aryl methyl sites for hydroxylation is 1. The summed E-state index contributed by atoms with van der Waals surface area (Å²) in [6.07, 6.45) is 5.76. The molecule has 14 heavy (non-hydrogen) atoms. The SMILES string of the molecule is Cl.c1cnc2c(c1)[C@H]1NCC[C@H]1CC2. The summed E-state index contributed by atoms with van der Waals surface area (Å²) in [6.45, 7) is 1.18. The van der Waals surface area contributed by atoms with Crippen molar-refractivity contribution in [1.82, 2.24) is 10.3 Å². The minimum absolute atomic E-state index is 0. The van der Waals surface area contributed by atoms with Crippen LogP contribution < -0.4 is 5.32 Å². The fourth-order valence-electron chi connectivity index (χ4n) is 2.70. The molecule has 0 saturated carbocycles. The Kier molecular flexibility index (Phi) is 2.75. The zero-order valence-electron chi connectivity index (χ0n) is 8.07. The lowest BCUT2D eigenvalue weighted by Gasteiger charge is -2.26. The maximum atomic E-state index is 4.44. The zero-order valence-corrected chi connectivity index (χ0v) is 8.89. The first-order valence-electron chi connectivity index (χ1n) is 5.12. The van der Waals surface area contributed by atoms with Gasteiger partial charge in [-0.05, 0) is 43.4 Å². The highest BCUT2D eigenvalue weighted by Crippen LogP contribution is 2.38. The zero-order chi connectivity index (χ0) is 8.67. The third-order valence-electron chi connectivity index (χ3n) is 3.36. The van der Waals surface area contributed by atoms with Crippen molar-refractivity contribution in [2.45, 2.75) is 25.3 Å². The Labute approximate surface area is 90.5 Å². The van der Waals surface area contributed by atoms with Gasteiger partial charge in [0.25, 0.3) is 0 Å². The van der Waals surface area contributed by atoms with Crippen LogP contribution in [0, 0.1) is 5.92 Å². The molecule has 1 aromatic heterocycles. The summed E-state index contributed by atoms with van der Waals surface area (Å²) in [6, 6.07) is 4.90. The molecular weight excluding hydrogens is 196 g/mol. The molecule has 1 saturated heterocycles. The highest BCUT2D eigenvalue weighted by atomic mass is 35.5. The van der Waals surface area contributed by atoms with Gasteiger partial charge in [0.15, 0.2) is 0 Å². The molecule has 0 aromatic carbocycles. The van der Waals surface area contributed by atoms with Crippen LogP contribution in [0.5, 0.6) is 0 Å². The van der Waals surface area contributed by atoms with Gasteiger partial charge < -0.3 is 5.32 Å². The number of hydrogen-bond acceptors (Lipinski definition) is 2. The number of nitrogens with one attached hydrogen (secondary N) is 1. The molecular formula is C11H15ClN2. The number of aromatic nitrogens is 1. The molecule has 0 amide bonds. The average Bonchev–Trinajstić information content (AvgIpc) is 2.65. The van der Waals surface area contributed by atoms with Gasteiger partial charge in [0, 0.05) is 17.9 Å². The third kappa shape index (κ3) is 1.43. The van der Waals surface area contributed by atoms with Crippen LogP contribution in [0.1, 0.15) is 30.1 Å². The predicted octanol–water partition coefficient (Wildman–Crippen LogP) is 2.10. The summed E-state index contributed by atoms with van der Waals surface area (Å²) in [5.41, 5.74) is 2.77. The highest BCUT2D eigenvalue weighted by molar-refractivity contribution is 5.85. The molecule has 0 spiro atoms. The van der Waals surface area contributed by atoms with E-state index in [0.717, 1.165) is 5.92 Å². The highest BCUT2D eigenvalue weighted by Gasteiger charge is 2.33. The van der Waals surface area contributed by atoms with Crippen LogP contribution in [0.15, 0.2) is 18.3 Å². The van der Waals surface area contributed by atoms with Gasteiger partial charge in [0.2, 0.25) is 0 Å². The first-order chi connectivity index (χ1) is 6.45. The van der Waals surface area contributed by atoms with Crippen molar-refractivity contribution >= 4 is 12.4 Å². The molecule has 1 aliphatic carbocycles. The number of nitrogens with zero attached hydrogens (tertiary/aromatic N) is 1. The molecule has 1 fully saturated rings. The number of halogens is 1. The summed E-state index contributed by atoms with van der Waals surface area (Å²) in [5, 5.41) is 3.57. The van der Waals surface area contributed by atoms with Crippen molar-refractivity contribution in [2.75, 3.05) is 6.54 Å². The van der Waals surface area contributed by atoms with E-state index in [4.69, 9.17) is 0 Å². The lowest BCUT2D eigenvalue weighted by molar-refractivity contribution is 0.400. The van der Waals surface area contributed by atoms with Crippen molar-refractivity contribution < 1.29 is 0 Å². The quantitative estimate of drug-likeness (QED) is 0.710. The van der Waals surface area contributed by atoms with Gasteiger partial charge in [0.05, 0.1) is 0 Å². The fraction of sp³-hybridized carbons (Fsp3) is 0.545. The van der Waals surface area contributed by atoms with Crippen molar-refractivity contribution in [1.29, 1.82) is 0 Å². The van der Waals surface area contributed by atoms with Gasteiger partial charge in [-0.25, -0.2) is 0 Å². The maximum Gasteiger partial charge on any atom is 0.0451 e. The van der Waals surface area contributed by atoms with Gasteiger partial charge in [-0.3, -0.25) is 4.98 Å². The summed E-state index contributed by atoms with van der Waals surface area (Å²) >= 11 is 0. The van der Waals surface area contributed by atoms with E-state index in [1.54, 1.807) is 0 Å². The van der Waals surface area contributed by atoms with Crippen LogP contribution >= 0.6 is 12.4 Å². The van der Waals surface area contributed by atoms with Crippen LogP contribution in [0.4, 0.5) is 0 Å². The largest absolute Gasteiger partial charge is 0.310 e. The van der Waals surface area contributed by atoms with E-state index in [-0.39, 0.29) is 12.4 Å². The van der Waals surface area contributed by atoms with Crippen LogP contribution in [-0.4, -0.2) is 11.5 Å². The molecule has 2 aliphatic rings. The van der Waals surface area contributed by atoms with E-state index in [2.05, 4.69) is 22.4 Å².